The lowest BCUT2D eigenvalue weighted by molar-refractivity contribution is -0.131. The minimum Gasteiger partial charge on any atom is -0.352 e. The van der Waals surface area contributed by atoms with Gasteiger partial charge in [0.05, 0.1) is 11.0 Å². The van der Waals surface area contributed by atoms with Crippen molar-refractivity contribution in [1.82, 2.24) is 19.8 Å². The Kier molecular flexibility index (Phi) is 8.28. The lowest BCUT2D eigenvalue weighted by atomic mass is 10.1. The molecule has 0 spiro atoms. The number of hydrogen-bond acceptors (Lipinski definition) is 3. The Morgan fingerprint density at radius 1 is 0.857 bits per heavy atom. The highest BCUT2D eigenvalue weighted by Crippen LogP contribution is 2.18. The van der Waals surface area contributed by atoms with Crippen molar-refractivity contribution in [3.63, 3.8) is 0 Å². The maximum absolute atomic E-state index is 13.0. The van der Waals surface area contributed by atoms with E-state index >= 15 is 0 Å². The molecule has 6 heteroatoms. The molecule has 0 unspecified atom stereocenters. The number of carbonyl (C=O) groups is 2. The number of para-hydroxylation sites is 2. The lowest BCUT2D eigenvalue weighted by Crippen LogP contribution is -2.30. The summed E-state index contributed by atoms with van der Waals surface area (Å²) in [7, 11) is 1.85. The van der Waals surface area contributed by atoms with Crippen molar-refractivity contribution in [2.45, 2.75) is 38.8 Å². The first kappa shape index (κ1) is 24.2. The third-order valence-electron chi connectivity index (χ3n) is 6.11. The number of nitrogens with zero attached hydrogens (tertiary/aromatic N) is 3. The molecule has 0 aliphatic carbocycles. The van der Waals surface area contributed by atoms with E-state index in [0.717, 1.165) is 48.1 Å². The van der Waals surface area contributed by atoms with E-state index < -0.39 is 0 Å². The number of unbranched alkanes of at least 4 members (excludes halogenated alkanes) is 2. The normalized spacial score (nSPS) is 10.9. The van der Waals surface area contributed by atoms with Crippen LogP contribution in [-0.2, 0) is 24.3 Å². The highest BCUT2D eigenvalue weighted by atomic mass is 16.2. The van der Waals surface area contributed by atoms with Crippen LogP contribution < -0.4 is 5.32 Å². The molecule has 0 fully saturated rings. The first-order chi connectivity index (χ1) is 17.1. The Bertz CT molecular complexity index is 1250. The third kappa shape index (κ3) is 6.57. The standard InChI is InChI=1S/C29H32N4O2/c1-32(21-23-13-5-2-6-14-23)28(34)22-33-26-18-11-10-17-25(26)31-27(33)19-9-4-12-20-30-29(35)24-15-7-3-8-16-24/h2-3,5-8,10-11,13-18H,4,9,12,19-22H2,1H3,(H,30,35). The number of fused-ring (bicyclic) bond motifs is 1. The molecule has 2 amide bonds. The van der Waals surface area contributed by atoms with Crippen LogP contribution in [0, 0.1) is 0 Å². The maximum Gasteiger partial charge on any atom is 0.251 e. The summed E-state index contributed by atoms with van der Waals surface area (Å²) in [5.41, 5.74) is 3.69. The average Bonchev–Trinajstić information content (AvgIpc) is 3.24. The van der Waals surface area contributed by atoms with Crippen LogP contribution in [0.2, 0.25) is 0 Å². The zero-order chi connectivity index (χ0) is 24.5. The highest BCUT2D eigenvalue weighted by Gasteiger charge is 2.16. The van der Waals surface area contributed by atoms with Gasteiger partial charge in [-0.3, -0.25) is 9.59 Å². The van der Waals surface area contributed by atoms with Crippen LogP contribution in [-0.4, -0.2) is 39.9 Å². The van der Waals surface area contributed by atoms with Gasteiger partial charge in [-0.1, -0.05) is 67.1 Å². The van der Waals surface area contributed by atoms with Crippen LogP contribution in [0.5, 0.6) is 0 Å². The Hall–Kier alpha value is -3.93. The number of benzene rings is 3. The van der Waals surface area contributed by atoms with Crippen LogP contribution in [0.4, 0.5) is 0 Å². The van der Waals surface area contributed by atoms with E-state index in [2.05, 4.69) is 9.88 Å². The Morgan fingerprint density at radius 3 is 2.31 bits per heavy atom. The number of amides is 2. The Morgan fingerprint density at radius 2 is 1.54 bits per heavy atom. The summed E-state index contributed by atoms with van der Waals surface area (Å²) in [5.74, 6) is 0.952. The molecule has 35 heavy (non-hydrogen) atoms. The summed E-state index contributed by atoms with van der Waals surface area (Å²) >= 11 is 0. The van der Waals surface area contributed by atoms with Crippen LogP contribution in [0.1, 0.15) is 41.0 Å². The SMILES string of the molecule is CN(Cc1ccccc1)C(=O)Cn1c(CCCCCNC(=O)c2ccccc2)nc2ccccc21. The second-order valence-corrected chi connectivity index (χ2v) is 8.77. The first-order valence-electron chi connectivity index (χ1n) is 12.2. The van der Waals surface area contributed by atoms with Gasteiger partial charge < -0.3 is 14.8 Å². The molecule has 0 aliphatic rings. The highest BCUT2D eigenvalue weighted by molar-refractivity contribution is 5.94. The molecule has 0 bridgehead atoms. The number of hydrogen-bond donors (Lipinski definition) is 1. The smallest absolute Gasteiger partial charge is 0.251 e. The van der Waals surface area contributed by atoms with Crippen molar-refractivity contribution in [1.29, 1.82) is 0 Å². The molecule has 0 radical (unpaired) electrons. The van der Waals surface area contributed by atoms with Crippen molar-refractivity contribution in [3.8, 4) is 0 Å². The van der Waals surface area contributed by atoms with Gasteiger partial charge in [-0.05, 0) is 42.7 Å². The summed E-state index contributed by atoms with van der Waals surface area (Å²) in [6.45, 7) is 1.50. The fourth-order valence-corrected chi connectivity index (χ4v) is 4.17. The third-order valence-corrected chi connectivity index (χ3v) is 6.11. The van der Waals surface area contributed by atoms with Gasteiger partial charge in [-0.2, -0.15) is 0 Å². The number of aromatic nitrogens is 2. The molecule has 0 aliphatic heterocycles. The average molecular weight is 469 g/mol. The largest absolute Gasteiger partial charge is 0.352 e. The van der Waals surface area contributed by atoms with Gasteiger partial charge in [-0.25, -0.2) is 4.98 Å². The van der Waals surface area contributed by atoms with Gasteiger partial charge in [0.25, 0.3) is 5.91 Å². The zero-order valence-corrected chi connectivity index (χ0v) is 20.2. The molecule has 4 rings (SSSR count). The van der Waals surface area contributed by atoms with Gasteiger partial charge in [0.15, 0.2) is 0 Å². The molecular formula is C29H32N4O2. The van der Waals surface area contributed by atoms with Crippen molar-refractivity contribution in [2.24, 2.45) is 0 Å². The predicted molar refractivity (Wildman–Crippen MR) is 139 cm³/mol. The maximum atomic E-state index is 13.0. The van der Waals surface area contributed by atoms with E-state index in [0.29, 0.717) is 18.7 Å². The van der Waals surface area contributed by atoms with E-state index in [9.17, 15) is 9.59 Å². The number of imidazole rings is 1. The summed E-state index contributed by atoms with van der Waals surface area (Å²) in [6, 6.07) is 27.3. The lowest BCUT2D eigenvalue weighted by Gasteiger charge is -2.19. The van der Waals surface area contributed by atoms with E-state index in [-0.39, 0.29) is 18.4 Å². The number of rotatable bonds is 11. The fourth-order valence-electron chi connectivity index (χ4n) is 4.17. The molecule has 1 aromatic heterocycles. The fraction of sp³-hybridized carbons (Fsp3) is 0.276. The molecule has 6 nitrogen and oxygen atoms in total. The van der Waals surface area contributed by atoms with Crippen molar-refractivity contribution < 1.29 is 9.59 Å². The van der Waals surface area contributed by atoms with E-state index in [1.165, 1.54) is 0 Å². The molecule has 1 heterocycles. The molecule has 0 atom stereocenters. The topological polar surface area (TPSA) is 67.2 Å². The van der Waals surface area contributed by atoms with Crippen molar-refractivity contribution >= 4 is 22.8 Å². The number of carbonyl (C=O) groups excluding carboxylic acids is 2. The van der Waals surface area contributed by atoms with E-state index in [1.54, 1.807) is 4.90 Å². The van der Waals surface area contributed by atoms with Gasteiger partial charge in [0.1, 0.15) is 12.4 Å². The summed E-state index contributed by atoms with van der Waals surface area (Å²) in [4.78, 5) is 31.8. The molecule has 180 valence electrons. The number of likely N-dealkylation sites (N-methyl/N-ethyl adjacent to an activating group) is 1. The minimum absolute atomic E-state index is 0.0365. The minimum atomic E-state index is -0.0365. The first-order valence-corrected chi connectivity index (χ1v) is 12.2. The van der Waals surface area contributed by atoms with E-state index in [4.69, 9.17) is 4.98 Å². The number of aryl methyl sites for hydroxylation is 1. The quantitative estimate of drug-likeness (QED) is 0.320. The monoisotopic (exact) mass is 468 g/mol. The second-order valence-electron chi connectivity index (χ2n) is 8.77. The van der Waals surface area contributed by atoms with Crippen LogP contribution in [0.15, 0.2) is 84.9 Å². The van der Waals surface area contributed by atoms with Crippen LogP contribution in [0.25, 0.3) is 11.0 Å². The molecular weight excluding hydrogens is 436 g/mol. The van der Waals surface area contributed by atoms with Crippen LogP contribution >= 0.6 is 0 Å². The van der Waals surface area contributed by atoms with Gasteiger partial charge >= 0.3 is 0 Å². The Labute approximate surface area is 206 Å². The summed E-state index contributed by atoms with van der Waals surface area (Å²) < 4.78 is 2.05. The number of nitrogens with one attached hydrogen (secondary N) is 1. The van der Waals surface area contributed by atoms with Crippen molar-refractivity contribution in [2.75, 3.05) is 13.6 Å². The van der Waals surface area contributed by atoms with Crippen LogP contribution in [0.3, 0.4) is 0 Å². The van der Waals surface area contributed by atoms with Gasteiger partial charge in [0.2, 0.25) is 5.91 Å². The summed E-state index contributed by atoms with van der Waals surface area (Å²) in [6.07, 6.45) is 3.60. The zero-order valence-electron chi connectivity index (χ0n) is 20.2. The molecule has 3 aromatic carbocycles. The predicted octanol–water partition coefficient (Wildman–Crippen LogP) is 4.84. The Balaban J connectivity index is 1.31. The van der Waals surface area contributed by atoms with Gasteiger partial charge in [0, 0.05) is 32.1 Å². The van der Waals surface area contributed by atoms with E-state index in [1.807, 2.05) is 92.0 Å². The molecule has 4 aromatic rings. The summed E-state index contributed by atoms with van der Waals surface area (Å²) in [5, 5.41) is 2.98. The van der Waals surface area contributed by atoms with Crippen molar-refractivity contribution in [3.05, 3.63) is 102 Å². The second kappa shape index (κ2) is 12.0. The molecule has 0 saturated carbocycles. The molecule has 0 saturated heterocycles. The van der Waals surface area contributed by atoms with Gasteiger partial charge in [-0.15, -0.1) is 0 Å². The molecule has 1 N–H and O–H groups in total.